The van der Waals surface area contributed by atoms with E-state index in [0.717, 1.165) is 17.2 Å². The van der Waals surface area contributed by atoms with E-state index in [9.17, 15) is 14.9 Å². The van der Waals surface area contributed by atoms with Crippen molar-refractivity contribution in [1.82, 2.24) is 5.32 Å². The minimum absolute atomic E-state index is 0.000127. The number of nitrogens with zero attached hydrogens (tertiary/aromatic N) is 1. The number of nitrogens with one attached hydrogen (secondary N) is 1. The van der Waals surface area contributed by atoms with Gasteiger partial charge in [-0.1, -0.05) is 41.4 Å². The molecule has 2 rings (SSSR count). The molecule has 0 saturated carbocycles. The van der Waals surface area contributed by atoms with Crippen LogP contribution in [0, 0.1) is 17.0 Å². The highest BCUT2D eigenvalue weighted by Gasteiger charge is 2.18. The summed E-state index contributed by atoms with van der Waals surface area (Å²) < 4.78 is 5.60. The summed E-state index contributed by atoms with van der Waals surface area (Å²) in [6, 6.07) is 11.3. The van der Waals surface area contributed by atoms with Crippen molar-refractivity contribution in [3.8, 4) is 0 Å². The quantitative estimate of drug-likeness (QED) is 0.543. The third-order valence-electron chi connectivity index (χ3n) is 3.72. The van der Waals surface area contributed by atoms with E-state index in [0.29, 0.717) is 0 Å². The number of nitro benzene ring substituents is 1. The number of carbonyl (C=O) groups is 1. The molecule has 0 aliphatic rings. The number of carbonyl (C=O) groups excluding carboxylic acids is 1. The van der Waals surface area contributed by atoms with Gasteiger partial charge in [0, 0.05) is 18.7 Å². The lowest BCUT2D eigenvalue weighted by atomic mass is 10.1. The molecule has 7 nitrogen and oxygen atoms in total. The predicted octanol–water partition coefficient (Wildman–Crippen LogP) is 3.04. The fourth-order valence-corrected chi connectivity index (χ4v) is 2.59. The van der Waals surface area contributed by atoms with Crippen molar-refractivity contribution in [2.75, 3.05) is 19.8 Å². The molecule has 2 N–H and O–H groups in total. The van der Waals surface area contributed by atoms with E-state index in [4.69, 9.17) is 21.4 Å². The van der Waals surface area contributed by atoms with Crippen LogP contribution >= 0.6 is 11.6 Å². The molecule has 8 heteroatoms. The summed E-state index contributed by atoms with van der Waals surface area (Å²) in [6.45, 7) is 2.12. The second-order valence-corrected chi connectivity index (χ2v) is 6.03. The second kappa shape index (κ2) is 9.28. The average molecular weight is 379 g/mol. The first kappa shape index (κ1) is 19.8. The number of ether oxygens (including phenoxy) is 1. The molecule has 138 valence electrons. The Morgan fingerprint density at radius 1 is 1.31 bits per heavy atom. The summed E-state index contributed by atoms with van der Waals surface area (Å²) in [6.07, 6.45) is -0.441. The molecule has 1 atom stereocenters. The summed E-state index contributed by atoms with van der Waals surface area (Å²) in [5.41, 5.74) is 1.91. The molecule has 2 aromatic carbocycles. The number of aliphatic hydroxyl groups is 1. The fraction of sp³-hybridized carbons (Fsp3) is 0.278. The van der Waals surface area contributed by atoms with E-state index in [1.54, 1.807) is 0 Å². The number of rotatable bonds is 8. The van der Waals surface area contributed by atoms with Gasteiger partial charge in [-0.2, -0.15) is 0 Å². The number of aliphatic hydroxyl groups excluding tert-OH is 1. The molecule has 26 heavy (non-hydrogen) atoms. The number of non-ortho nitro benzene ring substituents is 1. The minimum atomic E-state index is -0.580. The number of halogens is 1. The van der Waals surface area contributed by atoms with Gasteiger partial charge in [0.15, 0.2) is 0 Å². The van der Waals surface area contributed by atoms with Gasteiger partial charge in [0.2, 0.25) is 0 Å². The van der Waals surface area contributed by atoms with Crippen LogP contribution in [0.3, 0.4) is 0 Å². The maximum atomic E-state index is 12.3. The molecule has 0 radical (unpaired) electrons. The molecule has 0 aliphatic carbocycles. The molecule has 0 saturated heterocycles. The van der Waals surface area contributed by atoms with Crippen LogP contribution in [0.1, 0.15) is 27.6 Å². The summed E-state index contributed by atoms with van der Waals surface area (Å²) >= 11 is 5.97. The van der Waals surface area contributed by atoms with E-state index < -0.39 is 16.9 Å². The monoisotopic (exact) mass is 378 g/mol. The van der Waals surface area contributed by atoms with Crippen LogP contribution < -0.4 is 5.32 Å². The van der Waals surface area contributed by atoms with E-state index in [2.05, 4.69) is 5.32 Å². The third kappa shape index (κ3) is 5.26. The zero-order chi connectivity index (χ0) is 19.1. The zero-order valence-electron chi connectivity index (χ0n) is 14.1. The summed E-state index contributed by atoms with van der Waals surface area (Å²) in [7, 11) is 0. The van der Waals surface area contributed by atoms with Crippen molar-refractivity contribution in [1.29, 1.82) is 0 Å². The lowest BCUT2D eigenvalue weighted by Gasteiger charge is -2.19. The Bertz CT molecular complexity index is 780. The van der Waals surface area contributed by atoms with Gasteiger partial charge in [-0.15, -0.1) is 0 Å². The molecular weight excluding hydrogens is 360 g/mol. The third-order valence-corrected chi connectivity index (χ3v) is 4.03. The van der Waals surface area contributed by atoms with Crippen molar-refractivity contribution in [2.24, 2.45) is 0 Å². The van der Waals surface area contributed by atoms with E-state index in [-0.39, 0.29) is 36.0 Å². The molecule has 0 spiro atoms. The van der Waals surface area contributed by atoms with Crippen molar-refractivity contribution in [3.05, 3.63) is 74.3 Å². The van der Waals surface area contributed by atoms with Gasteiger partial charge in [-0.25, -0.2) is 0 Å². The highest BCUT2D eigenvalue weighted by atomic mass is 35.5. The van der Waals surface area contributed by atoms with Crippen molar-refractivity contribution in [3.63, 3.8) is 0 Å². The van der Waals surface area contributed by atoms with Crippen molar-refractivity contribution < 1.29 is 19.6 Å². The lowest BCUT2D eigenvalue weighted by Crippen LogP contribution is -2.30. The van der Waals surface area contributed by atoms with Gasteiger partial charge < -0.3 is 15.2 Å². The molecule has 1 unspecified atom stereocenters. The Labute approximate surface area is 155 Å². The molecule has 0 aromatic heterocycles. The van der Waals surface area contributed by atoms with Crippen LogP contribution in [0.15, 0.2) is 42.5 Å². The first-order valence-corrected chi connectivity index (χ1v) is 8.31. The molecule has 0 fully saturated rings. The number of amides is 1. The Morgan fingerprint density at radius 3 is 2.58 bits per heavy atom. The zero-order valence-corrected chi connectivity index (χ0v) is 14.9. The number of benzene rings is 2. The summed E-state index contributed by atoms with van der Waals surface area (Å²) in [5.74, 6) is -0.463. The van der Waals surface area contributed by atoms with Crippen molar-refractivity contribution in [2.45, 2.75) is 13.0 Å². The summed E-state index contributed by atoms with van der Waals surface area (Å²) in [5, 5.41) is 22.4. The van der Waals surface area contributed by atoms with Gasteiger partial charge in [0.25, 0.3) is 11.6 Å². The Kier molecular flexibility index (Phi) is 7.08. The fourth-order valence-electron chi connectivity index (χ4n) is 2.33. The van der Waals surface area contributed by atoms with Crippen LogP contribution in [0.2, 0.25) is 5.02 Å². The van der Waals surface area contributed by atoms with Crippen molar-refractivity contribution >= 4 is 23.2 Å². The number of hydrogen-bond donors (Lipinski definition) is 2. The first-order chi connectivity index (χ1) is 12.4. The normalized spacial score (nSPS) is 11.8. The Morgan fingerprint density at radius 2 is 2.00 bits per heavy atom. The van der Waals surface area contributed by atoms with Gasteiger partial charge in [-0.05, 0) is 18.6 Å². The standard InChI is InChI=1S/C18H19ClN2O5/c1-12-2-4-13(5-3-12)17(26-9-8-22)11-20-18(23)15-7-6-14(21(24)25)10-16(15)19/h2-7,10,17,22H,8-9,11H2,1H3,(H,20,23). The molecule has 1 amide bonds. The van der Waals surface area contributed by atoms with Gasteiger partial charge in [0.05, 0.1) is 34.8 Å². The van der Waals surface area contributed by atoms with Crippen LogP contribution in [0.5, 0.6) is 0 Å². The predicted molar refractivity (Wildman–Crippen MR) is 97.4 cm³/mol. The van der Waals surface area contributed by atoms with Gasteiger partial charge in [0.1, 0.15) is 0 Å². The molecule has 0 bridgehead atoms. The van der Waals surface area contributed by atoms with Crippen LogP contribution in [-0.2, 0) is 4.74 Å². The number of nitro groups is 1. The second-order valence-electron chi connectivity index (χ2n) is 5.63. The number of hydrogen-bond acceptors (Lipinski definition) is 5. The Hall–Kier alpha value is -2.48. The van der Waals surface area contributed by atoms with Crippen LogP contribution in [-0.4, -0.2) is 35.7 Å². The number of aryl methyl sites for hydroxylation is 1. The Balaban J connectivity index is 2.08. The molecule has 0 aliphatic heterocycles. The first-order valence-electron chi connectivity index (χ1n) is 7.93. The molecule has 2 aromatic rings. The van der Waals surface area contributed by atoms with Gasteiger partial charge >= 0.3 is 0 Å². The topological polar surface area (TPSA) is 102 Å². The lowest BCUT2D eigenvalue weighted by molar-refractivity contribution is -0.384. The molecular formula is C18H19ClN2O5. The highest BCUT2D eigenvalue weighted by molar-refractivity contribution is 6.34. The van der Waals surface area contributed by atoms with E-state index in [1.165, 1.54) is 12.1 Å². The maximum Gasteiger partial charge on any atom is 0.270 e. The highest BCUT2D eigenvalue weighted by Crippen LogP contribution is 2.23. The average Bonchev–Trinajstić information content (AvgIpc) is 2.62. The van der Waals surface area contributed by atoms with Crippen LogP contribution in [0.25, 0.3) is 0 Å². The summed E-state index contributed by atoms with van der Waals surface area (Å²) in [4.78, 5) is 22.5. The molecule has 0 heterocycles. The minimum Gasteiger partial charge on any atom is -0.394 e. The van der Waals surface area contributed by atoms with E-state index >= 15 is 0 Å². The van der Waals surface area contributed by atoms with Gasteiger partial charge in [-0.3, -0.25) is 14.9 Å². The van der Waals surface area contributed by atoms with E-state index in [1.807, 2.05) is 31.2 Å². The smallest absolute Gasteiger partial charge is 0.270 e. The van der Waals surface area contributed by atoms with Crippen LogP contribution in [0.4, 0.5) is 5.69 Å². The maximum absolute atomic E-state index is 12.3. The largest absolute Gasteiger partial charge is 0.394 e. The SMILES string of the molecule is Cc1ccc(C(CNC(=O)c2ccc([N+](=O)[O-])cc2Cl)OCCO)cc1.